The van der Waals surface area contributed by atoms with Gasteiger partial charge in [0.05, 0.1) is 4.88 Å². The predicted octanol–water partition coefficient (Wildman–Crippen LogP) is 3.43. The summed E-state index contributed by atoms with van der Waals surface area (Å²) in [5.41, 5.74) is 0.646. The van der Waals surface area contributed by atoms with E-state index in [1.165, 1.54) is 23.5 Å². The number of benzene rings is 1. The van der Waals surface area contributed by atoms with Crippen molar-refractivity contribution < 1.29 is 13.7 Å². The van der Waals surface area contributed by atoms with Crippen molar-refractivity contribution in [3.05, 3.63) is 58.4 Å². The minimum Gasteiger partial charge on any atom is -0.340 e. The second kappa shape index (κ2) is 6.07. The van der Waals surface area contributed by atoms with Crippen LogP contribution in [0.1, 0.15) is 28.5 Å². The van der Waals surface area contributed by atoms with Crippen molar-refractivity contribution in [2.24, 2.45) is 0 Å². The molecule has 0 spiro atoms. The molecule has 0 saturated heterocycles. The van der Waals surface area contributed by atoms with Crippen LogP contribution in [0.5, 0.6) is 0 Å². The lowest BCUT2D eigenvalue weighted by atomic mass is 10.2. The molecular formula is C15H12FN3O2S. The van der Waals surface area contributed by atoms with Crippen molar-refractivity contribution >= 4 is 17.2 Å². The monoisotopic (exact) mass is 317 g/mol. The summed E-state index contributed by atoms with van der Waals surface area (Å²) in [6.45, 7) is 1.76. The standard InChI is InChI=1S/C15H12FN3O2S/c1-9(17-14(20)12-3-2-8-22-12)15-18-13(19-21-15)10-4-6-11(16)7-5-10/h2-9H,1H3,(H,17,20). The van der Waals surface area contributed by atoms with Crippen molar-refractivity contribution in [1.29, 1.82) is 0 Å². The van der Waals surface area contributed by atoms with Crippen molar-refractivity contribution in [2.75, 3.05) is 0 Å². The fourth-order valence-electron chi connectivity index (χ4n) is 1.86. The highest BCUT2D eigenvalue weighted by Crippen LogP contribution is 2.19. The number of hydrogen-bond acceptors (Lipinski definition) is 5. The number of nitrogens with zero attached hydrogens (tertiary/aromatic N) is 2. The second-order valence-corrected chi connectivity index (χ2v) is 5.58. The molecule has 1 amide bonds. The maximum Gasteiger partial charge on any atom is 0.261 e. The van der Waals surface area contributed by atoms with Crippen LogP contribution in [0.3, 0.4) is 0 Å². The van der Waals surface area contributed by atoms with Crippen LogP contribution in [0.15, 0.2) is 46.3 Å². The molecule has 22 heavy (non-hydrogen) atoms. The third kappa shape index (κ3) is 3.04. The third-order valence-electron chi connectivity index (χ3n) is 3.01. The average molecular weight is 317 g/mol. The van der Waals surface area contributed by atoms with Crippen LogP contribution in [0.25, 0.3) is 11.4 Å². The number of thiophene rings is 1. The molecule has 7 heteroatoms. The molecule has 5 nitrogen and oxygen atoms in total. The van der Waals surface area contributed by atoms with Gasteiger partial charge >= 0.3 is 0 Å². The molecule has 3 rings (SSSR count). The van der Waals surface area contributed by atoms with Gasteiger partial charge in [-0.25, -0.2) is 4.39 Å². The van der Waals surface area contributed by atoms with Crippen molar-refractivity contribution in [2.45, 2.75) is 13.0 Å². The molecule has 0 aliphatic heterocycles. The average Bonchev–Trinajstić information content (AvgIpc) is 3.20. The molecular weight excluding hydrogens is 305 g/mol. The first-order valence-corrected chi connectivity index (χ1v) is 7.45. The van der Waals surface area contributed by atoms with Gasteiger partial charge in [-0.3, -0.25) is 4.79 Å². The Morgan fingerprint density at radius 2 is 2.09 bits per heavy atom. The van der Waals surface area contributed by atoms with Crippen LogP contribution in [0, 0.1) is 5.82 Å². The van der Waals surface area contributed by atoms with Crippen LogP contribution in [0.4, 0.5) is 4.39 Å². The van der Waals surface area contributed by atoms with E-state index in [2.05, 4.69) is 15.5 Å². The van der Waals surface area contributed by atoms with E-state index >= 15 is 0 Å². The zero-order chi connectivity index (χ0) is 15.5. The Balaban J connectivity index is 1.73. The molecule has 0 aliphatic rings. The molecule has 0 fully saturated rings. The summed E-state index contributed by atoms with van der Waals surface area (Å²) >= 11 is 1.36. The normalized spacial score (nSPS) is 12.1. The van der Waals surface area contributed by atoms with E-state index in [0.717, 1.165) is 0 Å². The number of nitrogens with one attached hydrogen (secondary N) is 1. The Morgan fingerprint density at radius 3 is 2.77 bits per heavy atom. The van der Waals surface area contributed by atoms with Crippen LogP contribution < -0.4 is 5.32 Å². The van der Waals surface area contributed by atoms with E-state index in [4.69, 9.17) is 4.52 Å². The first-order chi connectivity index (χ1) is 10.6. The molecule has 1 atom stereocenters. The van der Waals surface area contributed by atoms with E-state index < -0.39 is 6.04 Å². The maximum atomic E-state index is 12.9. The Hall–Kier alpha value is -2.54. The van der Waals surface area contributed by atoms with Crippen LogP contribution >= 0.6 is 11.3 Å². The molecule has 0 saturated carbocycles. The highest BCUT2D eigenvalue weighted by atomic mass is 32.1. The number of halogens is 1. The summed E-state index contributed by atoms with van der Waals surface area (Å²) in [5.74, 6) is 0.129. The number of hydrogen-bond donors (Lipinski definition) is 1. The predicted molar refractivity (Wildman–Crippen MR) is 79.9 cm³/mol. The summed E-state index contributed by atoms with van der Waals surface area (Å²) in [4.78, 5) is 16.8. The van der Waals surface area contributed by atoms with Gasteiger partial charge in [-0.15, -0.1) is 11.3 Å². The zero-order valence-corrected chi connectivity index (χ0v) is 12.4. The quantitative estimate of drug-likeness (QED) is 0.800. The minimum atomic E-state index is -0.420. The van der Waals surface area contributed by atoms with E-state index in [-0.39, 0.29) is 11.7 Å². The molecule has 0 aliphatic carbocycles. The van der Waals surface area contributed by atoms with Gasteiger partial charge in [0.15, 0.2) is 0 Å². The molecule has 0 bridgehead atoms. The van der Waals surface area contributed by atoms with Crippen LogP contribution in [0.2, 0.25) is 0 Å². The van der Waals surface area contributed by atoms with Gasteiger partial charge in [-0.2, -0.15) is 4.98 Å². The zero-order valence-electron chi connectivity index (χ0n) is 11.6. The van der Waals surface area contributed by atoms with Crippen molar-refractivity contribution in [3.63, 3.8) is 0 Å². The summed E-state index contributed by atoms with van der Waals surface area (Å²) in [6.07, 6.45) is 0. The number of amides is 1. The van der Waals surface area contributed by atoms with Gasteiger partial charge < -0.3 is 9.84 Å². The van der Waals surface area contributed by atoms with Crippen molar-refractivity contribution in [1.82, 2.24) is 15.5 Å². The molecule has 1 unspecified atom stereocenters. The Kier molecular flexibility index (Phi) is 3.97. The highest BCUT2D eigenvalue weighted by Gasteiger charge is 2.18. The Labute approximate surface area is 129 Å². The Morgan fingerprint density at radius 1 is 1.32 bits per heavy atom. The molecule has 1 N–H and O–H groups in total. The molecule has 1 aromatic carbocycles. The van der Waals surface area contributed by atoms with Gasteiger partial charge in [-0.05, 0) is 42.6 Å². The number of rotatable bonds is 4. The molecule has 112 valence electrons. The van der Waals surface area contributed by atoms with Gasteiger partial charge in [0.1, 0.15) is 11.9 Å². The lowest BCUT2D eigenvalue weighted by Crippen LogP contribution is -2.26. The summed E-state index contributed by atoms with van der Waals surface area (Å²) in [7, 11) is 0. The highest BCUT2D eigenvalue weighted by molar-refractivity contribution is 7.12. The maximum absolute atomic E-state index is 12.9. The number of carbonyl (C=O) groups excluding carboxylic acids is 1. The summed E-state index contributed by atoms with van der Waals surface area (Å²) in [6, 6.07) is 8.92. The van der Waals surface area contributed by atoms with E-state index in [1.807, 2.05) is 11.4 Å². The summed E-state index contributed by atoms with van der Waals surface area (Å²) in [5, 5.41) is 8.47. The molecule has 2 heterocycles. The second-order valence-electron chi connectivity index (χ2n) is 4.64. The summed E-state index contributed by atoms with van der Waals surface area (Å²) < 4.78 is 18.1. The van der Waals surface area contributed by atoms with Crippen LogP contribution in [-0.2, 0) is 0 Å². The smallest absolute Gasteiger partial charge is 0.261 e. The molecule has 3 aromatic rings. The molecule has 2 aromatic heterocycles. The topological polar surface area (TPSA) is 68.0 Å². The van der Waals surface area contributed by atoms with Gasteiger partial charge in [-0.1, -0.05) is 11.2 Å². The Bertz CT molecular complexity index is 768. The first kappa shape index (κ1) is 14.4. The third-order valence-corrected chi connectivity index (χ3v) is 3.88. The fraction of sp³-hybridized carbons (Fsp3) is 0.133. The fourth-order valence-corrected chi connectivity index (χ4v) is 2.49. The van der Waals surface area contributed by atoms with Gasteiger partial charge in [0.25, 0.3) is 5.91 Å². The van der Waals surface area contributed by atoms with E-state index in [1.54, 1.807) is 25.1 Å². The minimum absolute atomic E-state index is 0.191. The number of carbonyl (C=O) groups is 1. The first-order valence-electron chi connectivity index (χ1n) is 6.57. The van der Waals surface area contributed by atoms with Crippen molar-refractivity contribution in [3.8, 4) is 11.4 Å². The lowest BCUT2D eigenvalue weighted by Gasteiger charge is -2.07. The van der Waals surface area contributed by atoms with Gasteiger partial charge in [0, 0.05) is 5.56 Å². The SMILES string of the molecule is CC(NC(=O)c1cccs1)c1nc(-c2ccc(F)cc2)no1. The van der Waals surface area contributed by atoms with Crippen LogP contribution in [-0.4, -0.2) is 16.0 Å². The van der Waals surface area contributed by atoms with E-state index in [9.17, 15) is 9.18 Å². The number of aromatic nitrogens is 2. The molecule has 0 radical (unpaired) electrons. The van der Waals surface area contributed by atoms with Gasteiger partial charge in [0.2, 0.25) is 11.7 Å². The lowest BCUT2D eigenvalue weighted by molar-refractivity contribution is 0.0936. The van der Waals surface area contributed by atoms with E-state index in [0.29, 0.717) is 22.2 Å². The largest absolute Gasteiger partial charge is 0.340 e.